The van der Waals surface area contributed by atoms with Gasteiger partial charge in [-0.2, -0.15) is 0 Å². The molecule has 2 amide bonds. The molecule has 0 aliphatic carbocycles. The zero-order valence-corrected chi connectivity index (χ0v) is 20.7. The molecule has 1 aliphatic heterocycles. The summed E-state index contributed by atoms with van der Waals surface area (Å²) in [4.78, 5) is 40.0. The van der Waals surface area contributed by atoms with Crippen molar-refractivity contribution >= 4 is 18.0 Å². The van der Waals surface area contributed by atoms with Crippen LogP contribution in [0.2, 0.25) is 0 Å². The highest BCUT2D eigenvalue weighted by Crippen LogP contribution is 2.20. The van der Waals surface area contributed by atoms with Crippen molar-refractivity contribution in [3.05, 3.63) is 35.9 Å². The molecule has 3 atom stereocenters. The maximum absolute atomic E-state index is 13.6. The van der Waals surface area contributed by atoms with Crippen LogP contribution in [-0.2, 0) is 25.5 Å². The lowest BCUT2D eigenvalue weighted by molar-refractivity contribution is -0.154. The Morgan fingerprint density at radius 1 is 1.21 bits per heavy atom. The van der Waals surface area contributed by atoms with Crippen LogP contribution < -0.4 is 10.6 Å². The average Bonchev–Trinajstić information content (AvgIpc) is 2.88. The third-order valence-corrected chi connectivity index (χ3v) is 5.46. The van der Waals surface area contributed by atoms with E-state index in [9.17, 15) is 14.4 Å². The third kappa shape index (κ3) is 8.68. The molecule has 1 aromatic rings. The smallest absolute Gasteiger partial charge is 0.407 e. The second kappa shape index (κ2) is 12.0. The number of benzene rings is 1. The summed E-state index contributed by atoms with van der Waals surface area (Å²) in [5.41, 5.74) is 0.427. The van der Waals surface area contributed by atoms with Crippen LogP contribution in [0.1, 0.15) is 53.0 Å². The molecule has 0 aromatic heterocycles. The normalized spacial score (nSPS) is 20.2. The van der Waals surface area contributed by atoms with Gasteiger partial charge in [-0.1, -0.05) is 44.2 Å². The van der Waals surface area contributed by atoms with Gasteiger partial charge < -0.3 is 25.0 Å². The average molecular weight is 462 g/mol. The van der Waals surface area contributed by atoms with Gasteiger partial charge >= 0.3 is 12.1 Å². The highest BCUT2D eigenvalue weighted by atomic mass is 16.6. The lowest BCUT2D eigenvalue weighted by atomic mass is 10.00. The summed E-state index contributed by atoms with van der Waals surface area (Å²) in [6.07, 6.45) is 1.09. The summed E-state index contributed by atoms with van der Waals surface area (Å²) >= 11 is 0. The molecule has 0 saturated carbocycles. The maximum Gasteiger partial charge on any atom is 0.407 e. The van der Waals surface area contributed by atoms with E-state index in [-0.39, 0.29) is 17.9 Å². The van der Waals surface area contributed by atoms with Gasteiger partial charge in [-0.3, -0.25) is 4.79 Å². The van der Waals surface area contributed by atoms with Crippen molar-refractivity contribution in [2.75, 3.05) is 20.2 Å². The standard InChI is InChI=1S/C25H39N3O5/c1-17(2)14-21(23(30)32-6)28-13-12-19(16-26-24(31)33-25(3,4)5)27-20(22(28)29)15-18-10-8-7-9-11-18/h7-11,17,19-21,27H,12-16H2,1-6H3,(H,26,31)/t19?,20-,21-/m0/s1. The van der Waals surface area contributed by atoms with E-state index in [2.05, 4.69) is 10.6 Å². The molecule has 0 spiro atoms. The van der Waals surface area contributed by atoms with Gasteiger partial charge in [-0.15, -0.1) is 0 Å². The van der Waals surface area contributed by atoms with Crippen molar-refractivity contribution in [3.63, 3.8) is 0 Å². The SMILES string of the molecule is COC(=O)[C@H](CC(C)C)N1CCC(CNC(=O)OC(C)(C)C)N[C@@H](Cc2ccccc2)C1=O. The molecule has 1 saturated heterocycles. The molecule has 0 radical (unpaired) electrons. The Morgan fingerprint density at radius 3 is 2.45 bits per heavy atom. The first-order valence-electron chi connectivity index (χ1n) is 11.6. The van der Waals surface area contributed by atoms with E-state index in [1.807, 2.05) is 65.0 Å². The first kappa shape index (κ1) is 26.6. The number of esters is 1. The van der Waals surface area contributed by atoms with Crippen molar-refractivity contribution in [1.82, 2.24) is 15.5 Å². The summed E-state index contributed by atoms with van der Waals surface area (Å²) in [5, 5.41) is 6.21. The van der Waals surface area contributed by atoms with Gasteiger partial charge in [0, 0.05) is 19.1 Å². The molecule has 1 aromatic carbocycles. The monoisotopic (exact) mass is 461 g/mol. The van der Waals surface area contributed by atoms with Gasteiger partial charge in [-0.25, -0.2) is 9.59 Å². The van der Waals surface area contributed by atoms with E-state index in [0.717, 1.165) is 5.56 Å². The highest BCUT2D eigenvalue weighted by Gasteiger charge is 2.38. The lowest BCUT2D eigenvalue weighted by Crippen LogP contribution is -2.53. The molecule has 33 heavy (non-hydrogen) atoms. The highest BCUT2D eigenvalue weighted by molar-refractivity contribution is 5.88. The quantitative estimate of drug-likeness (QED) is 0.578. The predicted octanol–water partition coefficient (Wildman–Crippen LogP) is 2.90. The van der Waals surface area contributed by atoms with Gasteiger partial charge in [0.25, 0.3) is 0 Å². The number of alkyl carbamates (subject to hydrolysis) is 1. The topological polar surface area (TPSA) is 97.0 Å². The maximum atomic E-state index is 13.6. The number of hydrogen-bond acceptors (Lipinski definition) is 6. The number of hydrogen-bond donors (Lipinski definition) is 2. The van der Waals surface area contributed by atoms with Gasteiger partial charge in [0.15, 0.2) is 0 Å². The molecule has 1 fully saturated rings. The molecule has 8 heteroatoms. The Balaban J connectivity index is 2.22. The Kier molecular flexibility index (Phi) is 9.70. The minimum Gasteiger partial charge on any atom is -0.467 e. The minimum absolute atomic E-state index is 0.130. The van der Waals surface area contributed by atoms with Crippen LogP contribution in [0.25, 0.3) is 0 Å². The molecule has 1 unspecified atom stereocenters. The van der Waals surface area contributed by atoms with E-state index < -0.39 is 29.7 Å². The zero-order valence-electron chi connectivity index (χ0n) is 20.7. The number of nitrogens with zero attached hydrogens (tertiary/aromatic N) is 1. The summed E-state index contributed by atoms with van der Waals surface area (Å²) in [7, 11) is 1.35. The zero-order chi connectivity index (χ0) is 24.6. The van der Waals surface area contributed by atoms with E-state index >= 15 is 0 Å². The van der Waals surface area contributed by atoms with E-state index in [1.165, 1.54) is 7.11 Å². The van der Waals surface area contributed by atoms with Gasteiger partial charge in [0.1, 0.15) is 11.6 Å². The van der Waals surface area contributed by atoms with Crippen molar-refractivity contribution < 1.29 is 23.9 Å². The number of carbonyl (C=O) groups is 3. The number of rotatable bonds is 8. The number of amides is 2. The van der Waals surface area contributed by atoms with Crippen molar-refractivity contribution in [2.45, 2.75) is 77.6 Å². The summed E-state index contributed by atoms with van der Waals surface area (Å²) in [6, 6.07) is 8.44. The van der Waals surface area contributed by atoms with Crippen LogP contribution in [0.4, 0.5) is 4.79 Å². The number of ether oxygens (including phenoxy) is 2. The first-order valence-corrected chi connectivity index (χ1v) is 11.6. The Morgan fingerprint density at radius 2 is 1.88 bits per heavy atom. The predicted molar refractivity (Wildman–Crippen MR) is 127 cm³/mol. The molecule has 1 heterocycles. The second-order valence-electron chi connectivity index (χ2n) is 9.98. The molecule has 2 rings (SSSR count). The van der Waals surface area contributed by atoms with Crippen LogP contribution in [-0.4, -0.2) is 66.8 Å². The van der Waals surface area contributed by atoms with Gasteiger partial charge in [0.2, 0.25) is 5.91 Å². The van der Waals surface area contributed by atoms with Gasteiger partial charge in [-0.05, 0) is 51.5 Å². The van der Waals surface area contributed by atoms with Crippen molar-refractivity contribution in [1.29, 1.82) is 0 Å². The molecule has 184 valence electrons. The van der Waals surface area contributed by atoms with Gasteiger partial charge in [0.05, 0.1) is 13.2 Å². The Bertz CT molecular complexity index is 791. The summed E-state index contributed by atoms with van der Waals surface area (Å²) in [6.45, 7) is 10.2. The number of nitrogens with one attached hydrogen (secondary N) is 2. The van der Waals surface area contributed by atoms with Crippen LogP contribution >= 0.6 is 0 Å². The first-order chi connectivity index (χ1) is 15.5. The Hall–Kier alpha value is -2.61. The van der Waals surface area contributed by atoms with Crippen LogP contribution in [0.3, 0.4) is 0 Å². The molecular formula is C25H39N3O5. The second-order valence-corrected chi connectivity index (χ2v) is 9.98. The summed E-state index contributed by atoms with van der Waals surface area (Å²) in [5.74, 6) is -0.314. The molecule has 2 N–H and O–H groups in total. The Labute approximate surface area is 197 Å². The number of carbonyl (C=O) groups excluding carboxylic acids is 3. The fraction of sp³-hybridized carbons (Fsp3) is 0.640. The van der Waals surface area contributed by atoms with Crippen molar-refractivity contribution in [2.24, 2.45) is 5.92 Å². The van der Waals surface area contributed by atoms with Crippen LogP contribution in [0.5, 0.6) is 0 Å². The lowest BCUT2D eigenvalue weighted by Gasteiger charge is -2.31. The molecule has 0 bridgehead atoms. The van der Waals surface area contributed by atoms with E-state index in [4.69, 9.17) is 9.47 Å². The fourth-order valence-electron chi connectivity index (χ4n) is 3.96. The van der Waals surface area contributed by atoms with Crippen LogP contribution in [0.15, 0.2) is 30.3 Å². The molecular weight excluding hydrogens is 422 g/mol. The minimum atomic E-state index is -0.639. The number of methoxy groups -OCH3 is 1. The largest absolute Gasteiger partial charge is 0.467 e. The van der Waals surface area contributed by atoms with E-state index in [1.54, 1.807) is 4.90 Å². The van der Waals surface area contributed by atoms with E-state index in [0.29, 0.717) is 32.4 Å². The van der Waals surface area contributed by atoms with Crippen molar-refractivity contribution in [3.8, 4) is 0 Å². The third-order valence-electron chi connectivity index (χ3n) is 5.46. The molecule has 1 aliphatic rings. The fourth-order valence-corrected chi connectivity index (χ4v) is 3.96. The molecule has 8 nitrogen and oxygen atoms in total. The van der Waals surface area contributed by atoms with Crippen LogP contribution in [0, 0.1) is 5.92 Å². The summed E-state index contributed by atoms with van der Waals surface area (Å²) < 4.78 is 10.4.